The van der Waals surface area contributed by atoms with Crippen LogP contribution in [0.2, 0.25) is 0 Å². The lowest BCUT2D eigenvalue weighted by Crippen LogP contribution is -2.47. The van der Waals surface area contributed by atoms with Crippen LogP contribution < -0.4 is 5.32 Å². The molecule has 146 valence electrons. The minimum Gasteiger partial charge on any atom is -0.464 e. The standard InChI is InChI=1S/C18H30F3NO3/c1-3-5-6-7-8-9-10-11-12-14-25-16(23)15(13-4-2)22-17(24)18(19,20)21/h4,15H,2-3,5-14H2,1H3,(H,22,24). The largest absolute Gasteiger partial charge is 0.471 e. The molecule has 0 aromatic heterocycles. The summed E-state index contributed by atoms with van der Waals surface area (Å²) in [4.78, 5) is 22.7. The van der Waals surface area contributed by atoms with Crippen molar-refractivity contribution in [3.8, 4) is 0 Å². The van der Waals surface area contributed by atoms with E-state index >= 15 is 0 Å². The Bertz CT molecular complexity index is 398. The smallest absolute Gasteiger partial charge is 0.464 e. The minimum absolute atomic E-state index is 0.113. The Labute approximate surface area is 148 Å². The van der Waals surface area contributed by atoms with Crippen LogP contribution in [0.25, 0.3) is 0 Å². The number of ether oxygens (including phenoxy) is 1. The molecule has 4 nitrogen and oxygen atoms in total. The van der Waals surface area contributed by atoms with Gasteiger partial charge in [-0.3, -0.25) is 4.79 Å². The molecule has 0 saturated heterocycles. The number of halogens is 3. The van der Waals surface area contributed by atoms with Gasteiger partial charge in [0.2, 0.25) is 0 Å². The van der Waals surface area contributed by atoms with E-state index in [0.29, 0.717) is 6.42 Å². The molecule has 1 atom stereocenters. The predicted molar refractivity (Wildman–Crippen MR) is 91.0 cm³/mol. The van der Waals surface area contributed by atoms with Gasteiger partial charge in [0.1, 0.15) is 6.04 Å². The first-order valence-corrected chi connectivity index (χ1v) is 8.98. The van der Waals surface area contributed by atoms with Gasteiger partial charge in [-0.25, -0.2) is 4.79 Å². The van der Waals surface area contributed by atoms with Gasteiger partial charge in [-0.15, -0.1) is 6.58 Å². The number of unbranched alkanes of at least 4 members (excludes halogenated alkanes) is 8. The fraction of sp³-hybridized carbons (Fsp3) is 0.778. The first-order valence-electron chi connectivity index (χ1n) is 8.98. The molecule has 0 saturated carbocycles. The topological polar surface area (TPSA) is 55.4 Å². The van der Waals surface area contributed by atoms with E-state index in [2.05, 4.69) is 13.5 Å². The summed E-state index contributed by atoms with van der Waals surface area (Å²) in [5.41, 5.74) is 0. The quantitative estimate of drug-likeness (QED) is 0.276. The summed E-state index contributed by atoms with van der Waals surface area (Å²) >= 11 is 0. The summed E-state index contributed by atoms with van der Waals surface area (Å²) in [6.07, 6.45) is 6.07. The van der Waals surface area contributed by atoms with Crippen molar-refractivity contribution in [1.82, 2.24) is 5.32 Å². The fourth-order valence-electron chi connectivity index (χ4n) is 2.31. The van der Waals surface area contributed by atoms with E-state index in [-0.39, 0.29) is 13.0 Å². The first-order chi connectivity index (χ1) is 11.8. The SMILES string of the molecule is C=CCC(NC(=O)C(F)(F)F)C(=O)OCCCCCCCCCCC. The van der Waals surface area contributed by atoms with E-state index in [4.69, 9.17) is 4.74 Å². The fourth-order valence-corrected chi connectivity index (χ4v) is 2.31. The number of esters is 1. The highest BCUT2D eigenvalue weighted by Crippen LogP contribution is 2.15. The van der Waals surface area contributed by atoms with Gasteiger partial charge in [-0.1, -0.05) is 64.4 Å². The van der Waals surface area contributed by atoms with Gasteiger partial charge >= 0.3 is 18.1 Å². The second-order valence-electron chi connectivity index (χ2n) is 6.04. The van der Waals surface area contributed by atoms with Crippen molar-refractivity contribution in [2.75, 3.05) is 6.61 Å². The number of amides is 1. The van der Waals surface area contributed by atoms with Crippen LogP contribution in [0.15, 0.2) is 12.7 Å². The molecule has 25 heavy (non-hydrogen) atoms. The molecule has 0 aliphatic heterocycles. The molecule has 1 N–H and O–H groups in total. The molecular weight excluding hydrogens is 335 g/mol. The van der Waals surface area contributed by atoms with E-state index in [1.54, 1.807) is 5.32 Å². The predicted octanol–water partition coefficient (Wildman–Crippen LogP) is 4.68. The van der Waals surface area contributed by atoms with Crippen LogP contribution in [0, 0.1) is 0 Å². The van der Waals surface area contributed by atoms with Crippen molar-refractivity contribution in [3.63, 3.8) is 0 Å². The lowest BCUT2D eigenvalue weighted by atomic mass is 10.1. The zero-order valence-corrected chi connectivity index (χ0v) is 15.0. The number of carbonyl (C=O) groups excluding carboxylic acids is 2. The molecule has 0 rings (SSSR count). The Morgan fingerprint density at radius 2 is 1.56 bits per heavy atom. The lowest BCUT2D eigenvalue weighted by Gasteiger charge is -2.17. The number of hydrogen-bond donors (Lipinski definition) is 1. The first kappa shape index (κ1) is 23.5. The molecule has 0 aromatic rings. The Kier molecular flexibility index (Phi) is 12.9. The maximum absolute atomic E-state index is 12.2. The van der Waals surface area contributed by atoms with Crippen molar-refractivity contribution in [3.05, 3.63) is 12.7 Å². The van der Waals surface area contributed by atoms with Crippen LogP contribution in [0.3, 0.4) is 0 Å². The van der Waals surface area contributed by atoms with E-state index < -0.39 is 24.1 Å². The molecule has 0 aliphatic rings. The Hall–Kier alpha value is -1.53. The summed E-state index contributed by atoms with van der Waals surface area (Å²) in [6, 6.07) is -1.36. The molecule has 0 bridgehead atoms. The van der Waals surface area contributed by atoms with Gasteiger partial charge in [-0.2, -0.15) is 13.2 Å². The van der Waals surface area contributed by atoms with Crippen LogP contribution in [-0.4, -0.2) is 30.7 Å². The van der Waals surface area contributed by atoms with Crippen LogP contribution in [0.1, 0.15) is 71.1 Å². The van der Waals surface area contributed by atoms with Crippen molar-refractivity contribution in [2.45, 2.75) is 83.4 Å². The van der Waals surface area contributed by atoms with E-state index in [9.17, 15) is 22.8 Å². The molecule has 1 amide bonds. The second kappa shape index (κ2) is 13.7. The third-order valence-electron chi connectivity index (χ3n) is 3.74. The minimum atomic E-state index is -5.03. The Morgan fingerprint density at radius 3 is 2.04 bits per heavy atom. The van der Waals surface area contributed by atoms with Crippen LogP contribution in [0.4, 0.5) is 13.2 Å². The van der Waals surface area contributed by atoms with Gasteiger partial charge in [0.25, 0.3) is 0 Å². The highest BCUT2D eigenvalue weighted by molar-refractivity contribution is 5.87. The summed E-state index contributed by atoms with van der Waals surface area (Å²) in [7, 11) is 0. The van der Waals surface area contributed by atoms with Crippen LogP contribution >= 0.6 is 0 Å². The van der Waals surface area contributed by atoms with Gasteiger partial charge in [0.15, 0.2) is 0 Å². The van der Waals surface area contributed by atoms with Gasteiger partial charge in [0, 0.05) is 0 Å². The third-order valence-corrected chi connectivity index (χ3v) is 3.74. The lowest BCUT2D eigenvalue weighted by molar-refractivity contribution is -0.175. The van der Waals surface area contributed by atoms with Crippen LogP contribution in [-0.2, 0) is 14.3 Å². The molecule has 0 aromatic carbocycles. The molecule has 0 heterocycles. The van der Waals surface area contributed by atoms with Gasteiger partial charge < -0.3 is 10.1 Å². The zero-order valence-electron chi connectivity index (χ0n) is 15.0. The number of alkyl halides is 3. The average molecular weight is 365 g/mol. The van der Waals surface area contributed by atoms with Crippen molar-refractivity contribution in [1.29, 1.82) is 0 Å². The highest BCUT2D eigenvalue weighted by atomic mass is 19.4. The normalized spacial score (nSPS) is 12.5. The number of hydrogen-bond acceptors (Lipinski definition) is 3. The second-order valence-corrected chi connectivity index (χ2v) is 6.04. The van der Waals surface area contributed by atoms with Crippen molar-refractivity contribution < 1.29 is 27.5 Å². The van der Waals surface area contributed by atoms with Gasteiger partial charge in [-0.05, 0) is 12.8 Å². The van der Waals surface area contributed by atoms with E-state index in [1.807, 2.05) is 0 Å². The molecule has 0 radical (unpaired) electrons. The van der Waals surface area contributed by atoms with Gasteiger partial charge in [0.05, 0.1) is 6.61 Å². The summed E-state index contributed by atoms with van der Waals surface area (Å²) < 4.78 is 41.7. The Balaban J connectivity index is 3.89. The van der Waals surface area contributed by atoms with E-state index in [0.717, 1.165) is 19.3 Å². The maximum Gasteiger partial charge on any atom is 0.471 e. The monoisotopic (exact) mass is 365 g/mol. The molecular formula is C18H30F3NO3. The molecule has 0 aliphatic carbocycles. The summed E-state index contributed by atoms with van der Waals surface area (Å²) in [5, 5.41) is 1.63. The summed E-state index contributed by atoms with van der Waals surface area (Å²) in [5.74, 6) is -3.02. The number of carbonyl (C=O) groups is 2. The Morgan fingerprint density at radius 1 is 1.04 bits per heavy atom. The third kappa shape index (κ3) is 12.5. The van der Waals surface area contributed by atoms with E-state index in [1.165, 1.54) is 38.2 Å². The molecule has 1 unspecified atom stereocenters. The number of nitrogens with one attached hydrogen (secondary N) is 1. The van der Waals surface area contributed by atoms with Crippen molar-refractivity contribution in [2.24, 2.45) is 0 Å². The zero-order chi connectivity index (χ0) is 19.1. The van der Waals surface area contributed by atoms with Crippen molar-refractivity contribution >= 4 is 11.9 Å². The molecule has 0 spiro atoms. The molecule has 0 fully saturated rings. The number of rotatable bonds is 14. The average Bonchev–Trinajstić information content (AvgIpc) is 2.55. The van der Waals surface area contributed by atoms with Crippen LogP contribution in [0.5, 0.6) is 0 Å². The highest BCUT2D eigenvalue weighted by Gasteiger charge is 2.40. The maximum atomic E-state index is 12.2. The summed E-state index contributed by atoms with van der Waals surface area (Å²) in [6.45, 7) is 5.69. The molecule has 7 heteroatoms.